The van der Waals surface area contributed by atoms with Crippen molar-refractivity contribution in [2.45, 2.75) is 80.3 Å². The maximum absolute atomic E-state index is 12.1. The molecule has 7 heteroatoms. The van der Waals surface area contributed by atoms with E-state index < -0.39 is 6.17 Å². The summed E-state index contributed by atoms with van der Waals surface area (Å²) in [5.41, 5.74) is 4.21. The molecule has 1 unspecified atom stereocenters. The van der Waals surface area contributed by atoms with Gasteiger partial charge in [-0.1, -0.05) is 87.5 Å². The lowest BCUT2D eigenvalue weighted by Crippen LogP contribution is -2.32. The van der Waals surface area contributed by atoms with Crippen molar-refractivity contribution >= 4 is 29.2 Å². The van der Waals surface area contributed by atoms with Gasteiger partial charge in [-0.15, -0.1) is 0 Å². The second-order valence-electron chi connectivity index (χ2n) is 9.68. The van der Waals surface area contributed by atoms with Crippen LogP contribution in [0.4, 0.5) is 8.78 Å². The van der Waals surface area contributed by atoms with Crippen LogP contribution in [0.1, 0.15) is 74.1 Å². The van der Waals surface area contributed by atoms with Crippen LogP contribution in [0.5, 0.6) is 0 Å². The maximum Gasteiger partial charge on any atom is 0.141 e. The Hall–Kier alpha value is -2.15. The van der Waals surface area contributed by atoms with Gasteiger partial charge in [0, 0.05) is 35.9 Å². The minimum absolute atomic E-state index is 0.294. The number of nitrogens with zero attached hydrogens (tertiary/aromatic N) is 2. The Bertz CT molecular complexity index is 1020. The van der Waals surface area contributed by atoms with E-state index in [9.17, 15) is 8.78 Å². The van der Waals surface area contributed by atoms with Crippen LogP contribution >= 0.6 is 23.4 Å². The number of hydrogen-bond donors (Lipinski definition) is 0. The van der Waals surface area contributed by atoms with Crippen molar-refractivity contribution < 1.29 is 13.5 Å². The molecule has 1 aromatic carbocycles. The van der Waals surface area contributed by atoms with Gasteiger partial charge in [-0.2, -0.15) is 0 Å². The van der Waals surface area contributed by atoms with Gasteiger partial charge in [0.05, 0.1) is 12.7 Å². The molecule has 0 N–H and O–H groups in total. The second kappa shape index (κ2) is 23.4. The predicted molar refractivity (Wildman–Crippen MR) is 179 cm³/mol. The smallest absolute Gasteiger partial charge is 0.141 e. The topological polar surface area (TPSA) is 24.8 Å². The molecule has 230 valence electrons. The van der Waals surface area contributed by atoms with Crippen LogP contribution < -0.4 is 0 Å². The molecule has 41 heavy (non-hydrogen) atoms. The van der Waals surface area contributed by atoms with Crippen molar-refractivity contribution in [3.63, 3.8) is 0 Å². The van der Waals surface area contributed by atoms with E-state index in [-0.39, 0.29) is 5.82 Å². The van der Waals surface area contributed by atoms with Crippen molar-refractivity contribution in [2.75, 3.05) is 26.8 Å². The Kier molecular flexibility index (Phi) is 22.2. The fourth-order valence-electron chi connectivity index (χ4n) is 3.98. The average Bonchev–Trinajstić information content (AvgIpc) is 3.36. The molecule has 0 aliphatic carbocycles. The third-order valence-electron chi connectivity index (χ3n) is 5.73. The first-order valence-corrected chi connectivity index (χ1v) is 15.7. The summed E-state index contributed by atoms with van der Waals surface area (Å²) in [6.07, 6.45) is 12.6. The lowest BCUT2D eigenvalue weighted by atomic mass is 9.97. The van der Waals surface area contributed by atoms with Crippen molar-refractivity contribution in [1.29, 1.82) is 0 Å². The zero-order chi connectivity index (χ0) is 31.2. The van der Waals surface area contributed by atoms with Crippen LogP contribution in [-0.2, 0) is 4.74 Å². The zero-order valence-electron chi connectivity index (χ0n) is 26.4. The van der Waals surface area contributed by atoms with E-state index in [4.69, 9.17) is 21.3 Å². The molecule has 0 aromatic heterocycles. The molecule has 0 radical (unpaired) electrons. The Balaban J connectivity index is 0.000000762. The Morgan fingerprint density at radius 2 is 1.93 bits per heavy atom. The van der Waals surface area contributed by atoms with Crippen LogP contribution in [0.15, 0.2) is 87.3 Å². The van der Waals surface area contributed by atoms with Crippen molar-refractivity contribution in [2.24, 2.45) is 10.9 Å². The predicted octanol–water partition coefficient (Wildman–Crippen LogP) is 11.0. The molecule has 1 fully saturated rings. The highest BCUT2D eigenvalue weighted by molar-refractivity contribution is 8.06. The summed E-state index contributed by atoms with van der Waals surface area (Å²) in [5, 5.41) is 2.52. The Labute approximate surface area is 258 Å². The molecule has 3 rings (SSSR count). The third kappa shape index (κ3) is 16.2. The molecule has 1 saturated heterocycles. The molecule has 1 atom stereocenters. The summed E-state index contributed by atoms with van der Waals surface area (Å²) < 4.78 is 27.8. The van der Waals surface area contributed by atoms with E-state index in [1.165, 1.54) is 49.2 Å². The summed E-state index contributed by atoms with van der Waals surface area (Å²) in [5.74, 6) is 1.49. The number of methoxy groups -OCH3 is 1. The van der Waals surface area contributed by atoms with E-state index in [1.807, 2.05) is 13.0 Å². The first-order chi connectivity index (χ1) is 19.6. The van der Waals surface area contributed by atoms with E-state index in [1.54, 1.807) is 31.0 Å². The van der Waals surface area contributed by atoms with Gasteiger partial charge >= 0.3 is 0 Å². The van der Waals surface area contributed by atoms with Gasteiger partial charge in [0.2, 0.25) is 0 Å². The van der Waals surface area contributed by atoms with Gasteiger partial charge in [0.1, 0.15) is 11.7 Å². The maximum atomic E-state index is 12.1. The summed E-state index contributed by atoms with van der Waals surface area (Å²) >= 11 is 7.08. The average molecular weight is 609 g/mol. The van der Waals surface area contributed by atoms with Crippen LogP contribution in [0, 0.1) is 11.7 Å². The number of aliphatic imine (C=N–C) groups is 1. The molecule has 0 bridgehead atoms. The number of fused-ring (bicyclic) bond motifs is 1. The zero-order valence-corrected chi connectivity index (χ0v) is 27.9. The molecule has 2 heterocycles. The molecule has 3 nitrogen and oxygen atoms in total. The Morgan fingerprint density at radius 3 is 2.37 bits per heavy atom. The minimum Gasteiger partial charge on any atom is -0.385 e. The molecule has 0 spiro atoms. The first kappa shape index (κ1) is 38.9. The van der Waals surface area contributed by atoms with Crippen LogP contribution in [-0.4, -0.2) is 43.7 Å². The fourth-order valence-corrected chi connectivity index (χ4v) is 4.73. The van der Waals surface area contributed by atoms with Gasteiger partial charge in [-0.25, -0.2) is 8.78 Å². The fraction of sp³-hybridized carbons (Fsp3) is 0.500. The lowest BCUT2D eigenvalue weighted by molar-refractivity contribution is 0.199. The number of thioether (sulfide) groups is 1. The number of amidine groups is 1. The van der Waals surface area contributed by atoms with Gasteiger partial charge in [0.25, 0.3) is 0 Å². The lowest BCUT2D eigenvalue weighted by Gasteiger charge is -2.30. The van der Waals surface area contributed by atoms with Gasteiger partial charge < -0.3 is 9.64 Å². The standard InChI is InChI=1S/C21H30N2S.C6H4ClF.C4H10O.C3H7F/c1-6-10-18(11-7-2)19-14-22-21(16(5)24-12-8-3)23-15-17(9-4)13-20(19)23;7-5-2-1-3-6(8)4-5;1-3-4-5-2;1-3(2)4/h6,8,10-12,17H,5,7,9,13-15H2,1-4H3;1-4H;3-4H2,1-2H3;3H,1-2H3/b10-6-,12-8-,18-11+;;;. The molecule has 2 aliphatic heterocycles. The number of alkyl halides is 1. The summed E-state index contributed by atoms with van der Waals surface area (Å²) in [7, 11) is 1.71. The SMILES string of the molecule is C=C(S/C=C\C)C1=NCC(C(/C=C\C)=C/CC)=C2CC(CC)CN12.CC(C)F.CCCOC.Fc1cccc(Cl)c1. The number of hydrogen-bond acceptors (Lipinski definition) is 4. The second-order valence-corrected chi connectivity index (χ2v) is 11.1. The monoisotopic (exact) mass is 608 g/mol. The van der Waals surface area contributed by atoms with E-state index in [2.05, 4.69) is 62.8 Å². The number of rotatable bonds is 9. The quantitative estimate of drug-likeness (QED) is 0.261. The highest BCUT2D eigenvalue weighted by Crippen LogP contribution is 2.38. The minimum atomic E-state index is -0.667. The number of halogens is 3. The van der Waals surface area contributed by atoms with E-state index in [0.717, 1.165) is 49.7 Å². The molecule has 1 aromatic rings. The number of allylic oxidation sites excluding steroid dienone is 5. The molecular weight excluding hydrogens is 558 g/mol. The summed E-state index contributed by atoms with van der Waals surface area (Å²) in [6, 6.07) is 5.82. The van der Waals surface area contributed by atoms with Crippen molar-refractivity contribution in [1.82, 2.24) is 4.90 Å². The molecular formula is C34H51ClF2N2OS. The van der Waals surface area contributed by atoms with Gasteiger partial charge in [0.15, 0.2) is 0 Å². The molecule has 0 amide bonds. The van der Waals surface area contributed by atoms with Crippen molar-refractivity contribution in [3.8, 4) is 0 Å². The summed E-state index contributed by atoms with van der Waals surface area (Å²) in [4.78, 5) is 8.40. The third-order valence-corrected chi connectivity index (χ3v) is 6.84. The first-order valence-electron chi connectivity index (χ1n) is 14.5. The normalized spacial score (nSPS) is 16.5. The van der Waals surface area contributed by atoms with Crippen LogP contribution in [0.2, 0.25) is 5.02 Å². The largest absolute Gasteiger partial charge is 0.385 e. The highest BCUT2D eigenvalue weighted by Gasteiger charge is 2.34. The van der Waals surface area contributed by atoms with Gasteiger partial charge in [-0.3, -0.25) is 4.99 Å². The number of benzene rings is 1. The molecule has 2 aliphatic rings. The van der Waals surface area contributed by atoms with Crippen LogP contribution in [0.25, 0.3) is 0 Å². The van der Waals surface area contributed by atoms with E-state index in [0.29, 0.717) is 10.9 Å². The number of ether oxygens (including phenoxy) is 1. The molecule has 0 saturated carbocycles. The van der Waals surface area contributed by atoms with Gasteiger partial charge in [-0.05, 0) is 87.6 Å². The van der Waals surface area contributed by atoms with Crippen molar-refractivity contribution in [3.05, 3.63) is 93.1 Å². The highest BCUT2D eigenvalue weighted by atomic mass is 35.5. The van der Waals surface area contributed by atoms with Crippen LogP contribution in [0.3, 0.4) is 0 Å². The summed E-state index contributed by atoms with van der Waals surface area (Å²) in [6.45, 7) is 20.7. The Morgan fingerprint density at radius 1 is 1.24 bits per heavy atom. The van der Waals surface area contributed by atoms with E-state index >= 15 is 0 Å².